The van der Waals surface area contributed by atoms with E-state index in [2.05, 4.69) is 0 Å². The predicted molar refractivity (Wildman–Crippen MR) is 45.0 cm³/mol. The molecule has 4 heteroatoms. The molecule has 2 unspecified atom stereocenters. The van der Waals surface area contributed by atoms with Crippen LogP contribution >= 0.6 is 0 Å². The van der Waals surface area contributed by atoms with Gasteiger partial charge in [-0.05, 0) is 20.3 Å². The van der Waals surface area contributed by atoms with Crippen molar-refractivity contribution in [1.29, 1.82) is 0 Å². The molecule has 0 amide bonds. The second-order valence-electron chi connectivity index (χ2n) is 4.04. The van der Waals surface area contributed by atoms with Crippen LogP contribution in [0.25, 0.3) is 0 Å². The highest BCUT2D eigenvalue weighted by Gasteiger charge is 2.54. The van der Waals surface area contributed by atoms with Crippen LogP contribution < -0.4 is 0 Å². The molecule has 0 aromatic carbocycles. The van der Waals surface area contributed by atoms with Gasteiger partial charge in [-0.3, -0.25) is 0 Å². The van der Waals surface area contributed by atoms with Gasteiger partial charge in [-0.15, -0.1) is 0 Å². The minimum absolute atomic E-state index is 0.0400. The molecule has 2 aliphatic heterocycles. The molecule has 2 aliphatic rings. The zero-order valence-electron chi connectivity index (χ0n) is 8.19. The molecule has 76 valence electrons. The molecule has 13 heavy (non-hydrogen) atoms. The molecule has 1 N–H and O–H groups in total. The fourth-order valence-corrected chi connectivity index (χ4v) is 1.99. The van der Waals surface area contributed by atoms with E-state index in [1.165, 1.54) is 0 Å². The van der Waals surface area contributed by atoms with E-state index in [-0.39, 0.29) is 18.3 Å². The number of hydrogen-bond acceptors (Lipinski definition) is 4. The summed E-state index contributed by atoms with van der Waals surface area (Å²) in [5.74, 6) is -0.590. The zero-order valence-corrected chi connectivity index (χ0v) is 8.19. The molecule has 0 radical (unpaired) electrons. The summed E-state index contributed by atoms with van der Waals surface area (Å²) in [4.78, 5) is 0. The normalized spacial score (nSPS) is 48.0. The molecule has 2 saturated heterocycles. The predicted octanol–water partition coefficient (Wildman–Crippen LogP) is 0.634. The molecule has 4 nitrogen and oxygen atoms in total. The van der Waals surface area contributed by atoms with Crippen molar-refractivity contribution in [3.05, 3.63) is 0 Å². The maximum atomic E-state index is 9.51. The van der Waals surface area contributed by atoms with Crippen LogP contribution in [0.15, 0.2) is 0 Å². The standard InChI is InChI=1S/C9H16O4/c1-4-5-6-7(8(10)11-5)13-9(2,3)12-6/h5-8,10H,4H2,1-3H3/t5-,6-,7?,8?/m1/s1. The van der Waals surface area contributed by atoms with Crippen LogP contribution in [0.5, 0.6) is 0 Å². The number of fused-ring (bicyclic) bond motifs is 1. The first kappa shape index (κ1) is 9.40. The Hall–Kier alpha value is -0.160. The smallest absolute Gasteiger partial charge is 0.184 e. The van der Waals surface area contributed by atoms with E-state index in [9.17, 15) is 5.11 Å². The van der Waals surface area contributed by atoms with Gasteiger partial charge < -0.3 is 19.3 Å². The highest BCUT2D eigenvalue weighted by atomic mass is 16.8. The van der Waals surface area contributed by atoms with Crippen molar-refractivity contribution in [2.24, 2.45) is 0 Å². The van der Waals surface area contributed by atoms with Gasteiger partial charge in [0.2, 0.25) is 0 Å². The molecular formula is C9H16O4. The van der Waals surface area contributed by atoms with Gasteiger partial charge in [0.1, 0.15) is 12.2 Å². The van der Waals surface area contributed by atoms with Crippen LogP contribution in [-0.2, 0) is 14.2 Å². The summed E-state index contributed by atoms with van der Waals surface area (Å²) in [5, 5.41) is 9.51. The lowest BCUT2D eigenvalue weighted by Gasteiger charge is -2.21. The second-order valence-corrected chi connectivity index (χ2v) is 4.04. The van der Waals surface area contributed by atoms with Crippen molar-refractivity contribution in [3.8, 4) is 0 Å². The Bertz CT molecular complexity index is 204. The van der Waals surface area contributed by atoms with Crippen LogP contribution in [0.3, 0.4) is 0 Å². The molecule has 0 aromatic rings. The van der Waals surface area contributed by atoms with Crippen molar-refractivity contribution in [3.63, 3.8) is 0 Å². The summed E-state index contributed by atoms with van der Waals surface area (Å²) in [7, 11) is 0. The van der Waals surface area contributed by atoms with Crippen molar-refractivity contribution in [2.75, 3.05) is 0 Å². The molecular weight excluding hydrogens is 172 g/mol. The van der Waals surface area contributed by atoms with Gasteiger partial charge in [0.15, 0.2) is 12.1 Å². The van der Waals surface area contributed by atoms with Gasteiger partial charge in [0.25, 0.3) is 0 Å². The van der Waals surface area contributed by atoms with Crippen molar-refractivity contribution < 1.29 is 19.3 Å². The molecule has 2 heterocycles. The molecule has 0 bridgehead atoms. The lowest BCUT2D eigenvalue weighted by atomic mass is 10.1. The average molecular weight is 188 g/mol. The van der Waals surface area contributed by atoms with Crippen molar-refractivity contribution >= 4 is 0 Å². The first-order chi connectivity index (χ1) is 6.03. The van der Waals surface area contributed by atoms with Gasteiger partial charge in [0.05, 0.1) is 6.10 Å². The van der Waals surface area contributed by atoms with Crippen molar-refractivity contribution in [1.82, 2.24) is 0 Å². The van der Waals surface area contributed by atoms with E-state index >= 15 is 0 Å². The van der Waals surface area contributed by atoms with E-state index < -0.39 is 12.1 Å². The Balaban J connectivity index is 2.12. The summed E-state index contributed by atoms with van der Waals surface area (Å²) in [6.07, 6.45) is -0.481. The van der Waals surface area contributed by atoms with Gasteiger partial charge in [-0.25, -0.2) is 0 Å². The molecule has 2 fully saturated rings. The van der Waals surface area contributed by atoms with Crippen LogP contribution in [-0.4, -0.2) is 35.5 Å². The molecule has 0 aliphatic carbocycles. The Labute approximate surface area is 77.8 Å². The highest BCUT2D eigenvalue weighted by molar-refractivity contribution is 4.93. The molecule has 2 rings (SSSR count). The van der Waals surface area contributed by atoms with Crippen molar-refractivity contribution in [2.45, 2.75) is 57.6 Å². The average Bonchev–Trinajstić information content (AvgIpc) is 2.47. The molecule has 0 saturated carbocycles. The largest absolute Gasteiger partial charge is 0.366 e. The number of aliphatic hydroxyl groups excluding tert-OH is 1. The van der Waals surface area contributed by atoms with Crippen LogP contribution in [0, 0.1) is 0 Å². The molecule has 4 atom stereocenters. The Kier molecular flexibility index (Phi) is 2.11. The third kappa shape index (κ3) is 1.48. The van der Waals surface area contributed by atoms with E-state index in [0.29, 0.717) is 0 Å². The van der Waals surface area contributed by atoms with E-state index in [1.807, 2.05) is 20.8 Å². The monoisotopic (exact) mass is 188 g/mol. The minimum atomic E-state index is -0.836. The third-order valence-electron chi connectivity index (χ3n) is 2.53. The number of hydrogen-bond donors (Lipinski definition) is 1. The molecule has 0 aromatic heterocycles. The quantitative estimate of drug-likeness (QED) is 0.655. The summed E-state index contributed by atoms with van der Waals surface area (Å²) in [5.41, 5.74) is 0. The Morgan fingerprint density at radius 3 is 2.46 bits per heavy atom. The van der Waals surface area contributed by atoms with Crippen LogP contribution in [0.2, 0.25) is 0 Å². The first-order valence-electron chi connectivity index (χ1n) is 4.72. The topological polar surface area (TPSA) is 47.9 Å². The van der Waals surface area contributed by atoms with Gasteiger partial charge in [-0.2, -0.15) is 0 Å². The number of ether oxygens (including phenoxy) is 3. The van der Waals surface area contributed by atoms with E-state index in [1.54, 1.807) is 0 Å². The third-order valence-corrected chi connectivity index (χ3v) is 2.53. The zero-order chi connectivity index (χ0) is 9.64. The first-order valence-corrected chi connectivity index (χ1v) is 4.72. The fourth-order valence-electron chi connectivity index (χ4n) is 1.99. The van der Waals surface area contributed by atoms with Crippen LogP contribution in [0.1, 0.15) is 27.2 Å². The Morgan fingerprint density at radius 1 is 1.23 bits per heavy atom. The van der Waals surface area contributed by atoms with Gasteiger partial charge >= 0.3 is 0 Å². The minimum Gasteiger partial charge on any atom is -0.366 e. The second kappa shape index (κ2) is 2.92. The van der Waals surface area contributed by atoms with E-state index in [0.717, 1.165) is 6.42 Å². The number of rotatable bonds is 1. The maximum Gasteiger partial charge on any atom is 0.184 e. The fraction of sp³-hybridized carbons (Fsp3) is 1.00. The van der Waals surface area contributed by atoms with Gasteiger partial charge in [-0.1, -0.05) is 6.92 Å². The summed E-state index contributed by atoms with van der Waals surface area (Å²) in [6, 6.07) is 0. The van der Waals surface area contributed by atoms with Gasteiger partial charge in [0, 0.05) is 0 Å². The maximum absolute atomic E-state index is 9.51. The summed E-state index contributed by atoms with van der Waals surface area (Å²) in [6.45, 7) is 5.71. The lowest BCUT2D eigenvalue weighted by Crippen LogP contribution is -2.29. The van der Waals surface area contributed by atoms with Crippen LogP contribution in [0.4, 0.5) is 0 Å². The van der Waals surface area contributed by atoms with E-state index in [4.69, 9.17) is 14.2 Å². The number of aliphatic hydroxyl groups is 1. The SMILES string of the molecule is CC[C@H]1OC(O)C2OC(C)(C)O[C@@H]21. The highest BCUT2D eigenvalue weighted by Crippen LogP contribution is 2.38. The molecule has 0 spiro atoms. The Morgan fingerprint density at radius 2 is 1.85 bits per heavy atom. The lowest BCUT2D eigenvalue weighted by molar-refractivity contribution is -0.220. The summed E-state index contributed by atoms with van der Waals surface area (Å²) < 4.78 is 16.4. The summed E-state index contributed by atoms with van der Waals surface area (Å²) >= 11 is 0.